The van der Waals surface area contributed by atoms with Crippen molar-refractivity contribution in [2.75, 3.05) is 0 Å². The van der Waals surface area contributed by atoms with Gasteiger partial charge in [-0.2, -0.15) is 0 Å². The molecule has 1 aromatic carbocycles. The topological polar surface area (TPSA) is 41.6 Å². The van der Waals surface area contributed by atoms with Crippen molar-refractivity contribution in [2.45, 2.75) is 0 Å². The van der Waals surface area contributed by atoms with Crippen LogP contribution < -0.4 is 0 Å². The Morgan fingerprint density at radius 2 is 2.12 bits per heavy atom. The van der Waals surface area contributed by atoms with Crippen LogP contribution in [0.3, 0.4) is 0 Å². The Hall–Kier alpha value is -1.94. The first-order valence-electron chi connectivity index (χ1n) is 5.00. The lowest BCUT2D eigenvalue weighted by molar-refractivity contribution is 0.630. The van der Waals surface area contributed by atoms with E-state index in [2.05, 4.69) is 15.0 Å². The lowest BCUT2D eigenvalue weighted by Crippen LogP contribution is -1.86. The highest BCUT2D eigenvalue weighted by molar-refractivity contribution is 6.30. The van der Waals surface area contributed by atoms with Crippen molar-refractivity contribution in [3.05, 3.63) is 47.4 Å². The van der Waals surface area contributed by atoms with Crippen LogP contribution in [0.2, 0.25) is 5.02 Å². The van der Waals surface area contributed by atoms with E-state index in [9.17, 15) is 4.39 Å². The fourth-order valence-electron chi connectivity index (χ4n) is 1.65. The number of nitrogens with zero attached hydrogens (tertiary/aromatic N) is 2. The molecule has 3 rings (SSSR count). The quantitative estimate of drug-likeness (QED) is 0.716. The van der Waals surface area contributed by atoms with Gasteiger partial charge in [0.15, 0.2) is 5.65 Å². The number of fused-ring (bicyclic) bond motifs is 1. The van der Waals surface area contributed by atoms with Crippen LogP contribution in [0.25, 0.3) is 22.6 Å². The summed E-state index contributed by atoms with van der Waals surface area (Å²) in [6.07, 6.45) is 1.64. The molecule has 0 amide bonds. The van der Waals surface area contributed by atoms with E-state index in [0.29, 0.717) is 22.1 Å². The third-order valence-electron chi connectivity index (χ3n) is 2.44. The maximum absolute atomic E-state index is 13.7. The predicted molar refractivity (Wildman–Crippen MR) is 64.3 cm³/mol. The molecule has 3 nitrogen and oxygen atoms in total. The van der Waals surface area contributed by atoms with Gasteiger partial charge in [-0.1, -0.05) is 11.6 Å². The van der Waals surface area contributed by atoms with E-state index in [1.165, 1.54) is 6.07 Å². The molecular formula is C12H7ClFN3. The summed E-state index contributed by atoms with van der Waals surface area (Å²) in [4.78, 5) is 11.3. The van der Waals surface area contributed by atoms with Crippen molar-refractivity contribution >= 4 is 22.8 Å². The number of hydrogen-bond donors (Lipinski definition) is 1. The normalized spacial score (nSPS) is 10.9. The Balaban J connectivity index is 2.20. The van der Waals surface area contributed by atoms with Crippen LogP contribution in [0.5, 0.6) is 0 Å². The maximum Gasteiger partial charge on any atom is 0.178 e. The second-order valence-electron chi connectivity index (χ2n) is 3.58. The number of benzene rings is 1. The molecule has 5 heteroatoms. The number of pyridine rings is 1. The molecule has 2 aromatic heterocycles. The molecule has 17 heavy (non-hydrogen) atoms. The number of aromatic nitrogens is 3. The molecule has 0 fully saturated rings. The van der Waals surface area contributed by atoms with Crippen LogP contribution in [-0.2, 0) is 0 Å². The molecule has 0 saturated heterocycles. The number of imidazole rings is 1. The molecule has 3 aromatic rings. The predicted octanol–water partition coefficient (Wildman–Crippen LogP) is 3.42. The van der Waals surface area contributed by atoms with Gasteiger partial charge in [0.1, 0.15) is 11.6 Å². The minimum absolute atomic E-state index is 0.362. The van der Waals surface area contributed by atoms with Gasteiger partial charge >= 0.3 is 0 Å². The Morgan fingerprint density at radius 3 is 2.88 bits per heavy atom. The van der Waals surface area contributed by atoms with E-state index < -0.39 is 5.82 Å². The van der Waals surface area contributed by atoms with E-state index in [-0.39, 0.29) is 0 Å². The van der Waals surface area contributed by atoms with Gasteiger partial charge in [-0.25, -0.2) is 14.4 Å². The van der Waals surface area contributed by atoms with Gasteiger partial charge in [0.25, 0.3) is 0 Å². The second-order valence-corrected chi connectivity index (χ2v) is 4.02. The first-order chi connectivity index (χ1) is 8.24. The van der Waals surface area contributed by atoms with Crippen LogP contribution in [0.15, 0.2) is 36.5 Å². The Morgan fingerprint density at radius 1 is 1.24 bits per heavy atom. The highest BCUT2D eigenvalue weighted by atomic mass is 35.5. The van der Waals surface area contributed by atoms with E-state index in [1.54, 1.807) is 24.4 Å². The molecule has 0 aliphatic heterocycles. The monoisotopic (exact) mass is 247 g/mol. The molecule has 2 heterocycles. The van der Waals surface area contributed by atoms with Gasteiger partial charge in [0.2, 0.25) is 0 Å². The second kappa shape index (κ2) is 3.82. The van der Waals surface area contributed by atoms with Gasteiger partial charge in [-0.05, 0) is 30.3 Å². The molecule has 0 unspecified atom stereocenters. The lowest BCUT2D eigenvalue weighted by atomic mass is 10.2. The average molecular weight is 248 g/mol. The van der Waals surface area contributed by atoms with Crippen molar-refractivity contribution in [1.29, 1.82) is 0 Å². The molecule has 0 bridgehead atoms. The number of halogens is 2. The van der Waals surface area contributed by atoms with Crippen LogP contribution in [0, 0.1) is 5.82 Å². The number of nitrogens with one attached hydrogen (secondary N) is 1. The van der Waals surface area contributed by atoms with Crippen LogP contribution in [0.4, 0.5) is 4.39 Å². The zero-order valence-electron chi connectivity index (χ0n) is 8.61. The SMILES string of the molecule is Fc1cc(Cl)ccc1-c1nc2ncccc2[nH]1. The van der Waals surface area contributed by atoms with Gasteiger partial charge in [0.05, 0.1) is 11.1 Å². The lowest BCUT2D eigenvalue weighted by Gasteiger charge is -1.98. The smallest absolute Gasteiger partial charge is 0.178 e. The van der Waals surface area contributed by atoms with Gasteiger partial charge < -0.3 is 4.98 Å². The highest BCUT2D eigenvalue weighted by Gasteiger charge is 2.10. The van der Waals surface area contributed by atoms with E-state index in [0.717, 1.165) is 5.52 Å². The summed E-state index contributed by atoms with van der Waals surface area (Å²) in [5.74, 6) is 0.0458. The Labute approximate surface area is 101 Å². The fraction of sp³-hybridized carbons (Fsp3) is 0. The first-order valence-corrected chi connectivity index (χ1v) is 5.38. The van der Waals surface area contributed by atoms with E-state index >= 15 is 0 Å². The number of rotatable bonds is 1. The van der Waals surface area contributed by atoms with Crippen molar-refractivity contribution in [1.82, 2.24) is 15.0 Å². The summed E-state index contributed by atoms with van der Waals surface area (Å²) in [5.41, 5.74) is 1.72. The minimum Gasteiger partial charge on any atom is -0.336 e. The van der Waals surface area contributed by atoms with E-state index in [1.807, 2.05) is 6.07 Å². The summed E-state index contributed by atoms with van der Waals surface area (Å²) in [5, 5.41) is 0.362. The molecule has 1 N–H and O–H groups in total. The summed E-state index contributed by atoms with van der Waals surface area (Å²) in [7, 11) is 0. The van der Waals surface area contributed by atoms with Crippen molar-refractivity contribution in [2.24, 2.45) is 0 Å². The molecule has 0 aliphatic rings. The first kappa shape index (κ1) is 10.2. The van der Waals surface area contributed by atoms with Crippen molar-refractivity contribution in [3.63, 3.8) is 0 Å². The molecular weight excluding hydrogens is 241 g/mol. The standard InChI is InChI=1S/C12H7ClFN3/c13-7-3-4-8(9(14)6-7)11-16-10-2-1-5-15-12(10)17-11/h1-6H,(H,15,16,17). The molecule has 0 spiro atoms. The zero-order valence-corrected chi connectivity index (χ0v) is 9.37. The fourth-order valence-corrected chi connectivity index (χ4v) is 1.81. The van der Waals surface area contributed by atoms with Crippen molar-refractivity contribution in [3.8, 4) is 11.4 Å². The average Bonchev–Trinajstić information content (AvgIpc) is 2.72. The molecule has 0 saturated carbocycles. The van der Waals surface area contributed by atoms with Crippen LogP contribution >= 0.6 is 11.6 Å². The van der Waals surface area contributed by atoms with Gasteiger partial charge in [0, 0.05) is 11.2 Å². The molecule has 84 valence electrons. The van der Waals surface area contributed by atoms with Gasteiger partial charge in [-0.15, -0.1) is 0 Å². The Kier molecular flexibility index (Phi) is 2.30. The number of hydrogen-bond acceptors (Lipinski definition) is 2. The largest absolute Gasteiger partial charge is 0.336 e. The third-order valence-corrected chi connectivity index (χ3v) is 2.68. The molecule has 0 atom stereocenters. The van der Waals surface area contributed by atoms with Crippen LogP contribution in [0.1, 0.15) is 0 Å². The maximum atomic E-state index is 13.7. The van der Waals surface area contributed by atoms with E-state index in [4.69, 9.17) is 11.6 Å². The highest BCUT2D eigenvalue weighted by Crippen LogP contribution is 2.24. The number of H-pyrrole nitrogens is 1. The minimum atomic E-state index is -0.406. The zero-order chi connectivity index (χ0) is 11.8. The molecule has 0 radical (unpaired) electrons. The third kappa shape index (κ3) is 1.76. The summed E-state index contributed by atoms with van der Waals surface area (Å²) in [6.45, 7) is 0. The summed E-state index contributed by atoms with van der Waals surface area (Å²) < 4.78 is 13.7. The number of aromatic amines is 1. The van der Waals surface area contributed by atoms with Crippen molar-refractivity contribution < 1.29 is 4.39 Å². The van der Waals surface area contributed by atoms with Crippen LogP contribution in [-0.4, -0.2) is 15.0 Å². The molecule has 0 aliphatic carbocycles. The summed E-state index contributed by atoms with van der Waals surface area (Å²) in [6, 6.07) is 8.11. The summed E-state index contributed by atoms with van der Waals surface area (Å²) >= 11 is 5.70. The van der Waals surface area contributed by atoms with Gasteiger partial charge in [-0.3, -0.25) is 0 Å². The Bertz CT molecular complexity index is 660.